The molecule has 1 aromatic rings. The molecule has 0 fully saturated rings. The molecule has 2 aliphatic rings. The Bertz CT molecular complexity index is 584. The molecule has 1 N–H and O–H groups in total. The van der Waals surface area contributed by atoms with Crippen molar-refractivity contribution in [2.45, 2.75) is 13.0 Å². The molecule has 0 aliphatic carbocycles. The number of anilines is 1. The van der Waals surface area contributed by atoms with Crippen molar-refractivity contribution in [3.8, 4) is 0 Å². The van der Waals surface area contributed by atoms with E-state index in [2.05, 4.69) is 5.32 Å². The first-order chi connectivity index (χ1) is 10.1. The number of nitrogens with zero attached hydrogens (tertiary/aromatic N) is 2. The van der Waals surface area contributed by atoms with E-state index in [4.69, 9.17) is 4.74 Å². The number of carbonyl (C=O) groups is 2. The lowest BCUT2D eigenvalue weighted by Gasteiger charge is -2.20. The van der Waals surface area contributed by atoms with Gasteiger partial charge in [-0.05, 0) is 18.5 Å². The first-order valence-corrected chi connectivity index (χ1v) is 7.85. The van der Waals surface area contributed by atoms with E-state index in [0.29, 0.717) is 13.2 Å². The molecule has 0 atom stereocenters. The second-order valence-corrected chi connectivity index (χ2v) is 6.39. The van der Waals surface area contributed by atoms with Gasteiger partial charge in [-0.15, -0.1) is 11.3 Å². The van der Waals surface area contributed by atoms with Crippen molar-refractivity contribution in [1.82, 2.24) is 10.2 Å². The Balaban J connectivity index is 2.09. The van der Waals surface area contributed by atoms with Crippen LogP contribution in [0.1, 0.15) is 20.8 Å². The third-order valence-corrected chi connectivity index (χ3v) is 5.16. The highest BCUT2D eigenvalue weighted by atomic mass is 32.1. The first-order valence-electron chi connectivity index (χ1n) is 7.03. The number of rotatable bonds is 3. The molecule has 0 unspecified atom stereocenters. The fourth-order valence-electron chi connectivity index (χ4n) is 2.80. The quantitative estimate of drug-likeness (QED) is 0.881. The van der Waals surface area contributed by atoms with Gasteiger partial charge in [0, 0.05) is 25.6 Å². The summed E-state index contributed by atoms with van der Waals surface area (Å²) in [6.07, 6.45) is 0.840. The Kier molecular flexibility index (Phi) is 3.97. The lowest BCUT2D eigenvalue weighted by atomic mass is 10.0. The van der Waals surface area contributed by atoms with Gasteiger partial charge in [0.15, 0.2) is 0 Å². The molecular weight excluding hydrogens is 290 g/mol. The number of nitrogens with one attached hydrogen (secondary N) is 1. The maximum atomic E-state index is 12.6. The zero-order valence-corrected chi connectivity index (χ0v) is 13.1. The molecule has 0 aromatic carbocycles. The van der Waals surface area contributed by atoms with Crippen molar-refractivity contribution in [2.24, 2.45) is 0 Å². The summed E-state index contributed by atoms with van der Waals surface area (Å²) in [5.41, 5.74) is 1.84. The highest BCUT2D eigenvalue weighted by molar-refractivity contribution is 7.17. The van der Waals surface area contributed by atoms with Gasteiger partial charge in [-0.3, -0.25) is 14.5 Å². The predicted octanol–water partition coefficient (Wildman–Crippen LogP) is 0.459. The highest BCUT2D eigenvalue weighted by Crippen LogP contribution is 2.39. The smallest absolute Gasteiger partial charge is 0.257 e. The summed E-state index contributed by atoms with van der Waals surface area (Å²) in [5, 5.41) is 4.11. The minimum absolute atomic E-state index is 0.0438. The van der Waals surface area contributed by atoms with Crippen molar-refractivity contribution in [1.29, 1.82) is 0 Å². The molecule has 1 aromatic heterocycles. The van der Waals surface area contributed by atoms with Gasteiger partial charge >= 0.3 is 0 Å². The number of methoxy groups -OCH3 is 1. The summed E-state index contributed by atoms with van der Waals surface area (Å²) < 4.78 is 5.10. The number of carbonyl (C=O) groups excluding carboxylic acids is 2. The molecule has 3 heterocycles. The minimum Gasteiger partial charge on any atom is -0.383 e. The van der Waals surface area contributed by atoms with Gasteiger partial charge in [0.25, 0.3) is 5.91 Å². The summed E-state index contributed by atoms with van der Waals surface area (Å²) in [7, 11) is 3.30. The van der Waals surface area contributed by atoms with Crippen LogP contribution in [0.15, 0.2) is 0 Å². The van der Waals surface area contributed by atoms with E-state index in [1.165, 1.54) is 9.78 Å². The van der Waals surface area contributed by atoms with Crippen molar-refractivity contribution in [3.63, 3.8) is 0 Å². The average Bonchev–Trinajstić information content (AvgIpc) is 2.82. The van der Waals surface area contributed by atoms with Crippen LogP contribution in [-0.4, -0.2) is 57.1 Å². The van der Waals surface area contributed by atoms with Crippen LogP contribution in [-0.2, 0) is 22.5 Å². The maximum absolute atomic E-state index is 12.6. The molecule has 2 amide bonds. The molecule has 0 saturated heterocycles. The van der Waals surface area contributed by atoms with E-state index in [1.807, 2.05) is 0 Å². The van der Waals surface area contributed by atoms with Crippen LogP contribution in [0.5, 0.6) is 0 Å². The molecule has 0 bridgehead atoms. The molecule has 6 nitrogen and oxygen atoms in total. The van der Waals surface area contributed by atoms with E-state index in [0.717, 1.165) is 35.6 Å². The molecule has 0 saturated carbocycles. The molecule has 0 spiro atoms. The second-order valence-electron chi connectivity index (χ2n) is 5.31. The van der Waals surface area contributed by atoms with Crippen LogP contribution in [0.3, 0.4) is 0 Å². The minimum atomic E-state index is -0.0480. The lowest BCUT2D eigenvalue weighted by molar-refractivity contribution is -0.119. The second kappa shape index (κ2) is 5.75. The van der Waals surface area contributed by atoms with Crippen LogP contribution in [0.25, 0.3) is 0 Å². The van der Waals surface area contributed by atoms with Crippen LogP contribution in [0.4, 0.5) is 5.00 Å². The predicted molar refractivity (Wildman–Crippen MR) is 80.9 cm³/mol. The van der Waals surface area contributed by atoms with Gasteiger partial charge in [0.05, 0.1) is 18.7 Å². The summed E-state index contributed by atoms with van der Waals surface area (Å²) in [5.74, 6) is -0.0918. The van der Waals surface area contributed by atoms with Gasteiger partial charge in [0.2, 0.25) is 5.91 Å². The van der Waals surface area contributed by atoms with Crippen LogP contribution >= 0.6 is 11.3 Å². The Morgan fingerprint density at radius 2 is 2.19 bits per heavy atom. The third kappa shape index (κ3) is 2.45. The Hall–Kier alpha value is -1.44. The number of likely N-dealkylation sites (N-methyl/N-ethyl adjacent to an activating group) is 1. The largest absolute Gasteiger partial charge is 0.383 e. The van der Waals surface area contributed by atoms with Gasteiger partial charge < -0.3 is 15.0 Å². The number of amides is 2. The number of thiophene rings is 1. The number of ether oxygens (including phenoxy) is 1. The maximum Gasteiger partial charge on any atom is 0.257 e. The van der Waals surface area contributed by atoms with E-state index >= 15 is 0 Å². The van der Waals surface area contributed by atoms with Crippen LogP contribution in [0.2, 0.25) is 0 Å². The van der Waals surface area contributed by atoms with E-state index in [-0.39, 0.29) is 18.4 Å². The van der Waals surface area contributed by atoms with E-state index in [1.54, 1.807) is 30.4 Å². The number of hydrogen-bond acceptors (Lipinski definition) is 5. The van der Waals surface area contributed by atoms with Crippen molar-refractivity contribution in [2.75, 3.05) is 45.3 Å². The molecule has 0 radical (unpaired) electrons. The van der Waals surface area contributed by atoms with Gasteiger partial charge in [-0.1, -0.05) is 0 Å². The highest BCUT2D eigenvalue weighted by Gasteiger charge is 2.35. The van der Waals surface area contributed by atoms with Crippen LogP contribution < -0.4 is 10.2 Å². The topological polar surface area (TPSA) is 61.9 Å². The van der Waals surface area contributed by atoms with Crippen molar-refractivity contribution < 1.29 is 14.3 Å². The molecule has 3 rings (SSSR count). The van der Waals surface area contributed by atoms with E-state index < -0.39 is 0 Å². The van der Waals surface area contributed by atoms with E-state index in [9.17, 15) is 9.59 Å². The van der Waals surface area contributed by atoms with Crippen LogP contribution in [0, 0.1) is 0 Å². The normalized spacial score (nSPS) is 18.6. The van der Waals surface area contributed by atoms with Gasteiger partial charge in [-0.2, -0.15) is 0 Å². The monoisotopic (exact) mass is 309 g/mol. The molecular formula is C14H19N3O3S. The average molecular weight is 309 g/mol. The zero-order valence-electron chi connectivity index (χ0n) is 12.3. The number of hydrogen-bond donors (Lipinski definition) is 1. The first kappa shape index (κ1) is 14.5. The Labute approximate surface area is 127 Å². The van der Waals surface area contributed by atoms with Crippen molar-refractivity contribution >= 4 is 28.2 Å². The standard InChI is InChI=1S/C14H19N3O3S/c1-16-8-11(18)17(5-6-20-2)14-12(13(16)19)9-3-4-15-7-10(9)21-14/h15H,3-8H2,1-2H3. The van der Waals surface area contributed by atoms with Gasteiger partial charge in [0.1, 0.15) is 11.5 Å². The molecule has 7 heteroatoms. The zero-order chi connectivity index (χ0) is 15.0. The summed E-state index contributed by atoms with van der Waals surface area (Å²) in [6, 6.07) is 0. The summed E-state index contributed by atoms with van der Waals surface area (Å²) in [6.45, 7) is 2.71. The SMILES string of the molecule is COCCN1C(=O)CN(C)C(=O)c2c1sc1c2CCNC1. The lowest BCUT2D eigenvalue weighted by Crippen LogP contribution is -2.39. The third-order valence-electron chi connectivity index (χ3n) is 3.91. The molecule has 2 aliphatic heterocycles. The summed E-state index contributed by atoms with van der Waals surface area (Å²) >= 11 is 1.56. The fraction of sp³-hybridized carbons (Fsp3) is 0.571. The van der Waals surface area contributed by atoms with Gasteiger partial charge in [-0.25, -0.2) is 0 Å². The Morgan fingerprint density at radius 1 is 1.38 bits per heavy atom. The fourth-order valence-corrected chi connectivity index (χ4v) is 4.15. The molecule has 21 heavy (non-hydrogen) atoms. The Morgan fingerprint density at radius 3 is 2.95 bits per heavy atom. The van der Waals surface area contributed by atoms with Crippen molar-refractivity contribution in [3.05, 3.63) is 16.0 Å². The molecule has 114 valence electrons. The number of fused-ring (bicyclic) bond motifs is 3. The summed E-state index contributed by atoms with van der Waals surface area (Å²) in [4.78, 5) is 29.5.